The number of likely N-dealkylation sites (N-methyl/N-ethyl adjacent to an activating group) is 1. The van der Waals surface area contributed by atoms with Gasteiger partial charge in [-0.25, -0.2) is 0 Å². The number of aliphatic hydroxyl groups is 1. The average Bonchev–Trinajstić information content (AvgIpc) is 3.21. The number of nitrogens with one attached hydrogen (secondary N) is 1. The first kappa shape index (κ1) is 18.2. The summed E-state index contributed by atoms with van der Waals surface area (Å²) in [6, 6.07) is 2.52. The summed E-state index contributed by atoms with van der Waals surface area (Å²) >= 11 is 1.74. The second-order valence-electron chi connectivity index (χ2n) is 5.88. The maximum absolute atomic E-state index is 9.78. The predicted octanol–water partition coefficient (Wildman–Crippen LogP) is 2.16. The van der Waals surface area contributed by atoms with E-state index in [1.165, 1.54) is 5.56 Å². The number of guanidine groups is 1. The molecule has 2 N–H and O–H groups in total. The van der Waals surface area contributed by atoms with E-state index in [0.717, 1.165) is 45.1 Å². The maximum Gasteiger partial charge on any atom is 0.194 e. The Morgan fingerprint density at radius 1 is 1.48 bits per heavy atom. The van der Waals surface area contributed by atoms with Crippen molar-refractivity contribution in [3.05, 3.63) is 22.4 Å². The molecule has 5 nitrogen and oxygen atoms in total. The number of aliphatic imine (C=N–C) groups is 1. The van der Waals surface area contributed by atoms with Crippen LogP contribution in [0.15, 0.2) is 21.8 Å². The summed E-state index contributed by atoms with van der Waals surface area (Å²) in [4.78, 5) is 9.51. The number of rotatable bonds is 7. The summed E-state index contributed by atoms with van der Waals surface area (Å²) in [5.74, 6) is 0.927. The molecule has 0 bridgehead atoms. The van der Waals surface area contributed by atoms with Crippen molar-refractivity contribution in [2.45, 2.75) is 39.3 Å². The molecule has 1 aromatic rings. The van der Waals surface area contributed by atoms with E-state index < -0.39 is 0 Å². The van der Waals surface area contributed by atoms with Gasteiger partial charge in [0.1, 0.15) is 0 Å². The number of hydrogen-bond acceptors (Lipinski definition) is 4. The fourth-order valence-corrected chi connectivity index (χ4v) is 3.80. The van der Waals surface area contributed by atoms with E-state index in [2.05, 4.69) is 52.7 Å². The molecule has 2 heterocycles. The van der Waals surface area contributed by atoms with Crippen molar-refractivity contribution in [2.75, 3.05) is 39.3 Å². The highest BCUT2D eigenvalue weighted by atomic mass is 32.1. The van der Waals surface area contributed by atoms with E-state index >= 15 is 0 Å². The molecule has 0 saturated carbocycles. The Balaban J connectivity index is 2.12. The molecule has 0 radical (unpaired) electrons. The van der Waals surface area contributed by atoms with E-state index in [1.54, 1.807) is 11.3 Å². The lowest BCUT2D eigenvalue weighted by atomic mass is 10.1. The first-order chi connectivity index (χ1) is 11.2. The molecule has 23 heavy (non-hydrogen) atoms. The van der Waals surface area contributed by atoms with E-state index in [0.29, 0.717) is 12.6 Å². The summed E-state index contributed by atoms with van der Waals surface area (Å²) in [6.07, 6.45) is 0.600. The van der Waals surface area contributed by atoms with Crippen molar-refractivity contribution in [1.82, 2.24) is 15.1 Å². The second kappa shape index (κ2) is 9.25. The molecule has 6 heteroatoms. The van der Waals surface area contributed by atoms with E-state index in [9.17, 15) is 5.11 Å². The summed E-state index contributed by atoms with van der Waals surface area (Å²) in [5, 5.41) is 17.5. The fourth-order valence-electron chi connectivity index (χ4n) is 3.09. The van der Waals surface area contributed by atoms with Crippen LogP contribution in [0.4, 0.5) is 0 Å². The van der Waals surface area contributed by atoms with Crippen LogP contribution in [0.25, 0.3) is 0 Å². The Kier molecular flexibility index (Phi) is 7.33. The fraction of sp³-hybridized carbons (Fsp3) is 0.706. The standard InChI is InChI=1S/C17H30N4OS/c1-4-18-17(21-9-7-15(22)12-21)19-11-16(20(5-2)6-3)14-8-10-23-13-14/h8,10,13,15-16,22H,4-7,9,11-12H2,1-3H3,(H,18,19)/t15-,16?/m1/s1. The highest BCUT2D eigenvalue weighted by molar-refractivity contribution is 7.07. The zero-order valence-corrected chi connectivity index (χ0v) is 15.4. The molecule has 0 aromatic carbocycles. The minimum atomic E-state index is -0.227. The Hall–Kier alpha value is -1.11. The summed E-state index contributed by atoms with van der Waals surface area (Å²) in [5.41, 5.74) is 1.35. The number of nitrogens with zero attached hydrogens (tertiary/aromatic N) is 3. The molecular formula is C17H30N4OS. The quantitative estimate of drug-likeness (QED) is 0.591. The smallest absolute Gasteiger partial charge is 0.194 e. The van der Waals surface area contributed by atoms with Gasteiger partial charge in [-0.1, -0.05) is 13.8 Å². The minimum absolute atomic E-state index is 0.227. The molecule has 130 valence electrons. The number of likely N-dealkylation sites (tertiary alicyclic amines) is 1. The molecule has 2 atom stereocenters. The Morgan fingerprint density at radius 2 is 2.26 bits per heavy atom. The Morgan fingerprint density at radius 3 is 2.78 bits per heavy atom. The monoisotopic (exact) mass is 338 g/mol. The van der Waals surface area contributed by atoms with Crippen molar-refractivity contribution in [3.63, 3.8) is 0 Å². The molecule has 1 aromatic heterocycles. The summed E-state index contributed by atoms with van der Waals surface area (Å²) in [7, 11) is 0. The van der Waals surface area contributed by atoms with Crippen LogP contribution >= 0.6 is 11.3 Å². The van der Waals surface area contributed by atoms with Crippen molar-refractivity contribution in [1.29, 1.82) is 0 Å². The molecule has 0 amide bonds. The van der Waals surface area contributed by atoms with Gasteiger partial charge in [-0.2, -0.15) is 11.3 Å². The highest BCUT2D eigenvalue weighted by Gasteiger charge is 2.24. The van der Waals surface area contributed by atoms with Crippen LogP contribution in [0.3, 0.4) is 0 Å². The van der Waals surface area contributed by atoms with Gasteiger partial charge in [0.2, 0.25) is 0 Å². The van der Waals surface area contributed by atoms with Crippen LogP contribution < -0.4 is 5.32 Å². The van der Waals surface area contributed by atoms with Gasteiger partial charge in [0.05, 0.1) is 18.7 Å². The van der Waals surface area contributed by atoms with E-state index in [-0.39, 0.29) is 6.10 Å². The van der Waals surface area contributed by atoms with Gasteiger partial charge >= 0.3 is 0 Å². The SMILES string of the molecule is CCNC(=NCC(c1ccsc1)N(CC)CC)N1CC[C@@H](O)C1. The minimum Gasteiger partial charge on any atom is -0.391 e. The molecule has 2 rings (SSSR count). The number of hydrogen-bond donors (Lipinski definition) is 2. The number of β-amino-alcohol motifs (C(OH)–C–C–N with tert-alkyl or cyclic N) is 1. The Bertz CT molecular complexity index is 473. The lowest BCUT2D eigenvalue weighted by Crippen LogP contribution is -2.41. The molecule has 1 fully saturated rings. The van der Waals surface area contributed by atoms with Gasteiger partial charge in [0, 0.05) is 19.6 Å². The topological polar surface area (TPSA) is 51.1 Å². The van der Waals surface area contributed by atoms with Gasteiger partial charge in [-0.3, -0.25) is 9.89 Å². The maximum atomic E-state index is 9.78. The number of aliphatic hydroxyl groups excluding tert-OH is 1. The zero-order valence-electron chi connectivity index (χ0n) is 14.5. The normalized spacial score (nSPS) is 20.3. The van der Waals surface area contributed by atoms with E-state index in [4.69, 9.17) is 4.99 Å². The predicted molar refractivity (Wildman–Crippen MR) is 98.2 cm³/mol. The van der Waals surface area contributed by atoms with Gasteiger partial charge in [-0.05, 0) is 48.8 Å². The second-order valence-corrected chi connectivity index (χ2v) is 6.66. The van der Waals surface area contributed by atoms with Crippen LogP contribution in [0, 0.1) is 0 Å². The van der Waals surface area contributed by atoms with Crippen LogP contribution in [0.1, 0.15) is 38.8 Å². The molecule has 1 unspecified atom stereocenters. The third-order valence-corrected chi connectivity index (χ3v) is 5.09. The van der Waals surface area contributed by atoms with Gasteiger partial charge in [-0.15, -0.1) is 0 Å². The average molecular weight is 339 g/mol. The van der Waals surface area contributed by atoms with Gasteiger partial charge in [0.25, 0.3) is 0 Å². The van der Waals surface area contributed by atoms with Gasteiger partial charge in [0.15, 0.2) is 5.96 Å². The molecular weight excluding hydrogens is 308 g/mol. The van der Waals surface area contributed by atoms with Crippen LogP contribution in [-0.2, 0) is 0 Å². The molecule has 1 aliphatic rings. The third kappa shape index (κ3) is 4.93. The molecule has 1 saturated heterocycles. The molecule has 0 aliphatic carbocycles. The van der Waals surface area contributed by atoms with E-state index in [1.807, 2.05) is 0 Å². The van der Waals surface area contributed by atoms with Crippen molar-refractivity contribution in [3.8, 4) is 0 Å². The third-order valence-electron chi connectivity index (χ3n) is 4.39. The molecule has 0 spiro atoms. The van der Waals surface area contributed by atoms with Gasteiger partial charge < -0.3 is 15.3 Å². The molecule has 1 aliphatic heterocycles. The van der Waals surface area contributed by atoms with Crippen LogP contribution in [0.5, 0.6) is 0 Å². The Labute approximate surface area is 144 Å². The number of thiophene rings is 1. The lowest BCUT2D eigenvalue weighted by Gasteiger charge is -2.29. The van der Waals surface area contributed by atoms with Crippen molar-refractivity contribution < 1.29 is 5.11 Å². The first-order valence-electron chi connectivity index (χ1n) is 8.67. The van der Waals surface area contributed by atoms with Crippen LogP contribution in [-0.4, -0.2) is 66.2 Å². The highest BCUT2D eigenvalue weighted by Crippen LogP contribution is 2.23. The zero-order chi connectivity index (χ0) is 16.7. The lowest BCUT2D eigenvalue weighted by molar-refractivity contribution is 0.187. The largest absolute Gasteiger partial charge is 0.391 e. The summed E-state index contributed by atoms with van der Waals surface area (Å²) < 4.78 is 0. The van der Waals surface area contributed by atoms with Crippen LogP contribution in [0.2, 0.25) is 0 Å². The first-order valence-corrected chi connectivity index (χ1v) is 9.61. The van der Waals surface area contributed by atoms with Crippen molar-refractivity contribution in [2.24, 2.45) is 4.99 Å². The summed E-state index contributed by atoms with van der Waals surface area (Å²) in [6.45, 7) is 11.7. The van der Waals surface area contributed by atoms with Crippen molar-refractivity contribution >= 4 is 17.3 Å².